The average molecular weight is 385 g/mol. The topological polar surface area (TPSA) is 89.3 Å². The smallest absolute Gasteiger partial charge is 0.270 e. The minimum absolute atomic E-state index is 0.109. The number of nitro groups is 1. The first-order chi connectivity index (χ1) is 10.2. The van der Waals surface area contributed by atoms with Crippen molar-refractivity contribution in [2.75, 3.05) is 4.72 Å². The first kappa shape index (κ1) is 16.4. The zero-order valence-electron chi connectivity index (χ0n) is 11.8. The Bertz CT molecular complexity index is 809. The molecule has 0 aliphatic rings. The summed E-state index contributed by atoms with van der Waals surface area (Å²) >= 11 is 3.17. The van der Waals surface area contributed by atoms with Crippen LogP contribution < -0.4 is 4.72 Å². The molecule has 2 aromatic carbocycles. The van der Waals surface area contributed by atoms with Gasteiger partial charge in [0.15, 0.2) is 0 Å². The van der Waals surface area contributed by atoms with Crippen molar-refractivity contribution in [1.82, 2.24) is 0 Å². The van der Waals surface area contributed by atoms with E-state index >= 15 is 0 Å². The number of hydrogen-bond acceptors (Lipinski definition) is 4. The molecule has 0 atom stereocenters. The van der Waals surface area contributed by atoms with Crippen molar-refractivity contribution in [1.29, 1.82) is 0 Å². The van der Waals surface area contributed by atoms with Crippen molar-refractivity contribution in [2.24, 2.45) is 0 Å². The van der Waals surface area contributed by atoms with E-state index in [0.29, 0.717) is 10.0 Å². The maximum absolute atomic E-state index is 12.4. The molecule has 0 saturated carbocycles. The zero-order chi connectivity index (χ0) is 16.5. The molecule has 0 unspecified atom stereocenters. The SMILES string of the molecule is Cc1ccc(S(=O)(=O)Nc2c(C)cc([N+](=O)[O-])cc2Br)cc1. The van der Waals surface area contributed by atoms with Crippen LogP contribution in [0.15, 0.2) is 45.8 Å². The maximum atomic E-state index is 12.4. The molecule has 0 aliphatic heterocycles. The largest absolute Gasteiger partial charge is 0.278 e. The van der Waals surface area contributed by atoms with Crippen molar-refractivity contribution < 1.29 is 13.3 Å². The van der Waals surface area contributed by atoms with Crippen molar-refractivity contribution in [3.63, 3.8) is 0 Å². The van der Waals surface area contributed by atoms with E-state index < -0.39 is 14.9 Å². The molecule has 8 heteroatoms. The molecule has 0 radical (unpaired) electrons. The molecule has 0 amide bonds. The molecule has 22 heavy (non-hydrogen) atoms. The molecule has 0 fully saturated rings. The van der Waals surface area contributed by atoms with Gasteiger partial charge in [0.05, 0.1) is 15.5 Å². The van der Waals surface area contributed by atoms with Crippen LogP contribution in [-0.4, -0.2) is 13.3 Å². The lowest BCUT2D eigenvalue weighted by molar-refractivity contribution is -0.385. The summed E-state index contributed by atoms with van der Waals surface area (Å²) in [4.78, 5) is 10.4. The first-order valence-corrected chi connectivity index (χ1v) is 8.52. The summed E-state index contributed by atoms with van der Waals surface area (Å²) in [5.41, 5.74) is 1.58. The van der Waals surface area contributed by atoms with E-state index in [0.717, 1.165) is 5.56 Å². The van der Waals surface area contributed by atoms with Gasteiger partial charge in [-0.25, -0.2) is 8.42 Å². The average Bonchev–Trinajstić information content (AvgIpc) is 2.43. The van der Waals surface area contributed by atoms with Crippen LogP contribution in [0.1, 0.15) is 11.1 Å². The van der Waals surface area contributed by atoms with E-state index in [1.54, 1.807) is 19.1 Å². The fraction of sp³-hybridized carbons (Fsp3) is 0.143. The van der Waals surface area contributed by atoms with Gasteiger partial charge in [-0.15, -0.1) is 0 Å². The van der Waals surface area contributed by atoms with Crippen LogP contribution >= 0.6 is 15.9 Å². The first-order valence-electron chi connectivity index (χ1n) is 6.25. The molecule has 2 rings (SSSR count). The summed E-state index contributed by atoms with van der Waals surface area (Å²) in [6, 6.07) is 8.99. The van der Waals surface area contributed by atoms with Crippen LogP contribution in [0.4, 0.5) is 11.4 Å². The summed E-state index contributed by atoms with van der Waals surface area (Å²) in [6.07, 6.45) is 0. The number of sulfonamides is 1. The van der Waals surface area contributed by atoms with E-state index in [-0.39, 0.29) is 16.3 Å². The number of nitrogens with one attached hydrogen (secondary N) is 1. The third-order valence-electron chi connectivity index (χ3n) is 3.05. The molecule has 6 nitrogen and oxygen atoms in total. The van der Waals surface area contributed by atoms with Gasteiger partial charge in [-0.1, -0.05) is 17.7 Å². The highest BCUT2D eigenvalue weighted by molar-refractivity contribution is 9.10. The van der Waals surface area contributed by atoms with E-state index in [1.165, 1.54) is 24.3 Å². The van der Waals surface area contributed by atoms with Gasteiger partial charge in [-0.3, -0.25) is 14.8 Å². The number of nitro benzene ring substituents is 1. The Labute approximate surface area is 136 Å². The van der Waals surface area contributed by atoms with E-state index in [2.05, 4.69) is 20.7 Å². The monoisotopic (exact) mass is 384 g/mol. The van der Waals surface area contributed by atoms with E-state index in [1.807, 2.05) is 6.92 Å². The quantitative estimate of drug-likeness (QED) is 0.641. The van der Waals surface area contributed by atoms with Crippen molar-refractivity contribution in [3.05, 3.63) is 62.1 Å². The van der Waals surface area contributed by atoms with Gasteiger partial charge in [0.2, 0.25) is 0 Å². The molecular weight excluding hydrogens is 372 g/mol. The summed E-state index contributed by atoms with van der Waals surface area (Å²) < 4.78 is 27.5. The molecule has 0 aromatic heterocycles. The van der Waals surface area contributed by atoms with Crippen molar-refractivity contribution >= 4 is 37.3 Å². The van der Waals surface area contributed by atoms with Gasteiger partial charge in [0.25, 0.3) is 15.7 Å². The van der Waals surface area contributed by atoms with Crippen LogP contribution in [0, 0.1) is 24.0 Å². The molecule has 1 N–H and O–H groups in total. The fourth-order valence-corrected chi connectivity index (χ4v) is 3.80. The molecule has 2 aromatic rings. The number of anilines is 1. The van der Waals surface area contributed by atoms with E-state index in [4.69, 9.17) is 0 Å². The highest BCUT2D eigenvalue weighted by Gasteiger charge is 2.19. The number of aryl methyl sites for hydroxylation is 2. The predicted molar refractivity (Wildman–Crippen MR) is 87.5 cm³/mol. The summed E-state index contributed by atoms with van der Waals surface area (Å²) in [5, 5.41) is 10.8. The number of halogens is 1. The van der Waals surface area contributed by atoms with Crippen LogP contribution in [-0.2, 0) is 10.0 Å². The van der Waals surface area contributed by atoms with Crippen LogP contribution in [0.25, 0.3) is 0 Å². The Morgan fingerprint density at radius 1 is 1.14 bits per heavy atom. The minimum atomic E-state index is -3.76. The third kappa shape index (κ3) is 3.45. The summed E-state index contributed by atoms with van der Waals surface area (Å²) in [6.45, 7) is 3.46. The molecular formula is C14H13BrN2O4S. The minimum Gasteiger partial charge on any atom is -0.278 e. The molecule has 0 bridgehead atoms. The lowest BCUT2D eigenvalue weighted by atomic mass is 10.2. The highest BCUT2D eigenvalue weighted by atomic mass is 79.9. The molecule has 0 heterocycles. The Morgan fingerprint density at radius 3 is 2.23 bits per heavy atom. The van der Waals surface area contributed by atoms with Crippen molar-refractivity contribution in [3.8, 4) is 0 Å². The normalized spacial score (nSPS) is 11.2. The van der Waals surface area contributed by atoms with Gasteiger partial charge >= 0.3 is 0 Å². The van der Waals surface area contributed by atoms with Crippen LogP contribution in [0.5, 0.6) is 0 Å². The van der Waals surface area contributed by atoms with E-state index in [9.17, 15) is 18.5 Å². The molecule has 0 spiro atoms. The third-order valence-corrected chi connectivity index (χ3v) is 5.04. The van der Waals surface area contributed by atoms with Crippen molar-refractivity contribution in [2.45, 2.75) is 18.7 Å². The van der Waals surface area contributed by atoms with Gasteiger partial charge < -0.3 is 0 Å². The summed E-state index contributed by atoms with van der Waals surface area (Å²) in [5.74, 6) is 0. The second kappa shape index (κ2) is 6.05. The Kier molecular flexibility index (Phi) is 4.52. The van der Waals surface area contributed by atoms with Crippen LogP contribution in [0.2, 0.25) is 0 Å². The highest BCUT2D eigenvalue weighted by Crippen LogP contribution is 2.32. The molecule has 0 aliphatic carbocycles. The number of nitrogens with zero attached hydrogens (tertiary/aromatic N) is 1. The standard InChI is InChI=1S/C14H13BrN2O4S/c1-9-3-5-12(6-4-9)22(20,21)16-14-10(2)7-11(17(18)19)8-13(14)15/h3-8,16H,1-2H3. The lowest BCUT2D eigenvalue weighted by Gasteiger charge is -2.12. The second-order valence-corrected chi connectivity index (χ2v) is 7.33. The zero-order valence-corrected chi connectivity index (χ0v) is 14.2. The van der Waals surface area contributed by atoms with Gasteiger partial charge in [-0.2, -0.15) is 0 Å². The number of rotatable bonds is 4. The number of hydrogen-bond donors (Lipinski definition) is 1. The Balaban J connectivity index is 2.42. The summed E-state index contributed by atoms with van der Waals surface area (Å²) in [7, 11) is -3.76. The van der Waals surface area contributed by atoms with Crippen LogP contribution in [0.3, 0.4) is 0 Å². The van der Waals surface area contributed by atoms with Gasteiger partial charge in [0, 0.05) is 16.6 Å². The lowest BCUT2D eigenvalue weighted by Crippen LogP contribution is -2.14. The number of benzene rings is 2. The molecule has 0 saturated heterocycles. The second-order valence-electron chi connectivity index (χ2n) is 4.80. The number of non-ortho nitro benzene ring substituents is 1. The maximum Gasteiger partial charge on any atom is 0.270 e. The predicted octanol–water partition coefficient (Wildman–Crippen LogP) is 3.77. The van der Waals surface area contributed by atoms with Gasteiger partial charge in [-0.05, 0) is 47.5 Å². The Hall–Kier alpha value is -1.93. The van der Waals surface area contributed by atoms with Gasteiger partial charge in [0.1, 0.15) is 0 Å². The Morgan fingerprint density at radius 2 is 1.73 bits per heavy atom. The molecule has 116 valence electrons. The fourth-order valence-electron chi connectivity index (χ4n) is 1.87.